The first-order valence-corrected chi connectivity index (χ1v) is 12.9. The average Bonchev–Trinajstić information content (AvgIpc) is 2.89. The second kappa shape index (κ2) is 12.9. The molecule has 0 aromatic heterocycles. The Balaban J connectivity index is 1.56. The molecule has 4 aromatic rings. The summed E-state index contributed by atoms with van der Waals surface area (Å²) in [4.78, 5) is 49.0. The van der Waals surface area contributed by atoms with E-state index in [2.05, 4.69) is 10.6 Å². The summed E-state index contributed by atoms with van der Waals surface area (Å²) in [5.41, 5.74) is 5.44. The Hall–Kier alpha value is -4.75. The molecule has 0 spiro atoms. The lowest BCUT2D eigenvalue weighted by Crippen LogP contribution is -2.17. The molecule has 2 N–H and O–H groups in total. The van der Waals surface area contributed by atoms with Crippen LogP contribution in [0.25, 0.3) is 22.3 Å². The largest absolute Gasteiger partial charge is 0.393 e. The summed E-state index contributed by atoms with van der Waals surface area (Å²) in [7, 11) is 0. The van der Waals surface area contributed by atoms with E-state index in [0.29, 0.717) is 27.5 Å². The number of nitrogens with one attached hydrogen (secondary N) is 2. The summed E-state index contributed by atoms with van der Waals surface area (Å²) in [6.45, 7) is 2.79. The Morgan fingerprint density at radius 1 is 0.625 bits per heavy atom. The Morgan fingerprint density at radius 2 is 1.07 bits per heavy atom. The average molecular weight is 555 g/mol. The van der Waals surface area contributed by atoms with Crippen molar-refractivity contribution in [2.75, 3.05) is 10.6 Å². The van der Waals surface area contributed by atoms with Gasteiger partial charge in [-0.15, -0.1) is 0 Å². The lowest BCUT2D eigenvalue weighted by Gasteiger charge is -2.14. The zero-order valence-corrected chi connectivity index (χ0v) is 22.7. The van der Waals surface area contributed by atoms with Crippen LogP contribution in [0.1, 0.15) is 25.0 Å². The van der Waals surface area contributed by atoms with Crippen LogP contribution in [0.2, 0.25) is 5.02 Å². The molecular formula is C32H27ClN2O5. The smallest absolute Gasteiger partial charge is 0.317 e. The zero-order chi connectivity index (χ0) is 28.6. The Kier molecular flexibility index (Phi) is 9.09. The van der Waals surface area contributed by atoms with Gasteiger partial charge in [0.15, 0.2) is 0 Å². The van der Waals surface area contributed by atoms with Gasteiger partial charge < -0.3 is 15.4 Å². The minimum atomic E-state index is -0.737. The maximum Gasteiger partial charge on any atom is 0.317 e. The van der Waals surface area contributed by atoms with Crippen molar-refractivity contribution < 1.29 is 23.9 Å². The van der Waals surface area contributed by atoms with Crippen molar-refractivity contribution in [3.63, 3.8) is 0 Å². The molecule has 202 valence electrons. The summed E-state index contributed by atoms with van der Waals surface area (Å²) >= 11 is 6.03. The third-order valence-corrected chi connectivity index (χ3v) is 6.24. The van der Waals surface area contributed by atoms with Crippen LogP contribution in [0.5, 0.6) is 0 Å². The molecule has 0 heterocycles. The first-order valence-electron chi connectivity index (χ1n) is 12.5. The van der Waals surface area contributed by atoms with E-state index in [-0.39, 0.29) is 24.7 Å². The third kappa shape index (κ3) is 7.65. The molecule has 0 aliphatic carbocycles. The number of halogens is 1. The Bertz CT molecular complexity index is 1570. The summed E-state index contributed by atoms with van der Waals surface area (Å²) in [6, 6.07) is 27.1. The van der Waals surface area contributed by atoms with Gasteiger partial charge in [-0.05, 0) is 69.8 Å². The highest BCUT2D eigenvalue weighted by atomic mass is 35.5. The van der Waals surface area contributed by atoms with Gasteiger partial charge in [0.25, 0.3) is 0 Å². The second-order valence-corrected chi connectivity index (χ2v) is 9.62. The highest BCUT2D eigenvalue weighted by Crippen LogP contribution is 2.30. The van der Waals surface area contributed by atoms with Gasteiger partial charge in [-0.1, -0.05) is 66.2 Å². The van der Waals surface area contributed by atoms with E-state index in [9.17, 15) is 19.2 Å². The number of esters is 2. The minimum absolute atomic E-state index is 0.181. The SMILES string of the molecule is CC(=O)Nc1ccc(-c2ccccc2)c(CC(=O)OC(=O)Cc2cc(NC(C)=O)ccc2-c2ccc(Cl)cc2)c1. The Morgan fingerprint density at radius 3 is 1.52 bits per heavy atom. The molecule has 0 saturated carbocycles. The van der Waals surface area contributed by atoms with Gasteiger partial charge in [0.2, 0.25) is 11.8 Å². The van der Waals surface area contributed by atoms with E-state index in [1.54, 1.807) is 42.5 Å². The number of hydrogen-bond acceptors (Lipinski definition) is 5. The van der Waals surface area contributed by atoms with Crippen molar-refractivity contribution >= 4 is 46.7 Å². The molecule has 7 nitrogen and oxygen atoms in total. The number of carbonyl (C=O) groups excluding carboxylic acids is 4. The van der Waals surface area contributed by atoms with Gasteiger partial charge in [0, 0.05) is 30.2 Å². The maximum absolute atomic E-state index is 12.9. The molecule has 0 bridgehead atoms. The van der Waals surface area contributed by atoms with Gasteiger partial charge in [-0.2, -0.15) is 0 Å². The topological polar surface area (TPSA) is 102 Å². The highest BCUT2D eigenvalue weighted by Gasteiger charge is 2.18. The highest BCUT2D eigenvalue weighted by molar-refractivity contribution is 6.30. The van der Waals surface area contributed by atoms with Crippen molar-refractivity contribution in [2.45, 2.75) is 26.7 Å². The van der Waals surface area contributed by atoms with Crippen LogP contribution in [0.3, 0.4) is 0 Å². The molecule has 4 aromatic carbocycles. The standard InChI is InChI=1S/C32H27ClN2O5/c1-20(36)34-27-12-14-29(22-6-4-3-5-7-22)24(16-27)18-31(38)40-32(39)19-25-17-28(35-21(2)37)13-15-30(25)23-8-10-26(33)11-9-23/h3-17H,18-19H2,1-2H3,(H,34,36)(H,35,37). The number of benzene rings is 4. The molecule has 0 radical (unpaired) electrons. The van der Waals surface area contributed by atoms with Crippen LogP contribution in [0, 0.1) is 0 Å². The van der Waals surface area contributed by atoms with Gasteiger partial charge in [0.1, 0.15) is 0 Å². The molecular weight excluding hydrogens is 528 g/mol. The molecule has 0 saturated heterocycles. The monoisotopic (exact) mass is 554 g/mol. The molecule has 0 unspecified atom stereocenters. The molecule has 8 heteroatoms. The predicted octanol–water partition coefficient (Wildman–Crippen LogP) is 6.45. The lowest BCUT2D eigenvalue weighted by atomic mass is 9.96. The van der Waals surface area contributed by atoms with Crippen LogP contribution >= 0.6 is 11.6 Å². The molecule has 4 rings (SSSR count). The predicted molar refractivity (Wildman–Crippen MR) is 156 cm³/mol. The number of carbonyl (C=O) groups is 4. The molecule has 0 aliphatic heterocycles. The quantitative estimate of drug-likeness (QED) is 0.193. The van der Waals surface area contributed by atoms with E-state index < -0.39 is 11.9 Å². The van der Waals surface area contributed by atoms with Crippen molar-refractivity contribution in [3.8, 4) is 22.3 Å². The number of ether oxygens (including phenoxy) is 1. The molecule has 40 heavy (non-hydrogen) atoms. The summed E-state index contributed by atoms with van der Waals surface area (Å²) in [6.07, 6.45) is -0.381. The van der Waals surface area contributed by atoms with E-state index >= 15 is 0 Å². The normalized spacial score (nSPS) is 10.5. The number of amides is 2. The van der Waals surface area contributed by atoms with Crippen LogP contribution in [-0.2, 0) is 36.8 Å². The third-order valence-electron chi connectivity index (χ3n) is 5.99. The van der Waals surface area contributed by atoms with Crippen molar-refractivity contribution in [3.05, 3.63) is 107 Å². The van der Waals surface area contributed by atoms with Crippen molar-refractivity contribution in [1.82, 2.24) is 0 Å². The minimum Gasteiger partial charge on any atom is -0.393 e. The van der Waals surface area contributed by atoms with E-state index in [4.69, 9.17) is 16.3 Å². The molecule has 0 aliphatic rings. The molecule has 0 fully saturated rings. The van der Waals surface area contributed by atoms with Crippen LogP contribution in [-0.4, -0.2) is 23.8 Å². The second-order valence-electron chi connectivity index (χ2n) is 9.18. The maximum atomic E-state index is 12.9. The van der Waals surface area contributed by atoms with Crippen LogP contribution in [0.15, 0.2) is 91.0 Å². The summed E-state index contributed by atoms with van der Waals surface area (Å²) in [5, 5.41) is 6.00. The zero-order valence-electron chi connectivity index (χ0n) is 22.0. The molecule has 0 atom stereocenters. The fraction of sp³-hybridized carbons (Fsp3) is 0.125. The fourth-order valence-corrected chi connectivity index (χ4v) is 4.49. The van der Waals surface area contributed by atoms with Gasteiger partial charge in [0.05, 0.1) is 12.8 Å². The van der Waals surface area contributed by atoms with E-state index in [0.717, 1.165) is 22.3 Å². The summed E-state index contributed by atoms with van der Waals surface area (Å²) in [5.74, 6) is -1.96. The number of anilines is 2. The van der Waals surface area contributed by atoms with Gasteiger partial charge in [-0.3, -0.25) is 19.2 Å². The van der Waals surface area contributed by atoms with Gasteiger partial charge >= 0.3 is 11.9 Å². The first-order chi connectivity index (χ1) is 19.2. The van der Waals surface area contributed by atoms with Crippen LogP contribution < -0.4 is 10.6 Å². The van der Waals surface area contributed by atoms with Gasteiger partial charge in [-0.25, -0.2) is 0 Å². The number of rotatable bonds is 8. The summed E-state index contributed by atoms with van der Waals surface area (Å²) < 4.78 is 5.23. The van der Waals surface area contributed by atoms with Crippen molar-refractivity contribution in [1.29, 1.82) is 0 Å². The van der Waals surface area contributed by atoms with E-state index in [1.807, 2.05) is 48.5 Å². The fourth-order valence-electron chi connectivity index (χ4n) is 4.36. The molecule has 2 amide bonds. The van der Waals surface area contributed by atoms with Crippen molar-refractivity contribution in [2.24, 2.45) is 0 Å². The number of hydrogen-bond donors (Lipinski definition) is 2. The first kappa shape index (κ1) is 28.3. The van der Waals surface area contributed by atoms with E-state index in [1.165, 1.54) is 13.8 Å². The lowest BCUT2D eigenvalue weighted by molar-refractivity contribution is -0.158. The Labute approximate surface area is 237 Å². The van der Waals surface area contributed by atoms with Crippen LogP contribution in [0.4, 0.5) is 11.4 Å².